The minimum atomic E-state index is -0.318. The third-order valence-corrected chi connectivity index (χ3v) is 4.30. The van der Waals surface area contributed by atoms with Crippen LogP contribution in [0.5, 0.6) is 11.5 Å². The minimum Gasteiger partial charge on any atom is -0.485 e. The van der Waals surface area contributed by atoms with Gasteiger partial charge >= 0.3 is 0 Å². The monoisotopic (exact) mass is 320 g/mol. The number of amides is 1. The van der Waals surface area contributed by atoms with E-state index >= 15 is 0 Å². The molecule has 8 heteroatoms. The Morgan fingerprint density at radius 1 is 1.41 bits per heavy atom. The van der Waals surface area contributed by atoms with Crippen LogP contribution in [0.25, 0.3) is 0 Å². The average molecular weight is 320 g/mol. The summed E-state index contributed by atoms with van der Waals surface area (Å²) >= 11 is 1.33. The first-order valence-corrected chi connectivity index (χ1v) is 7.78. The molecule has 1 aliphatic rings. The molecule has 0 radical (unpaired) electrons. The first-order chi connectivity index (χ1) is 10.7. The zero-order valence-corrected chi connectivity index (χ0v) is 13.1. The largest absolute Gasteiger partial charge is 0.485 e. The molecule has 0 fully saturated rings. The predicted octanol–water partition coefficient (Wildman–Crippen LogP) is 1.17. The van der Waals surface area contributed by atoms with Crippen molar-refractivity contribution in [2.45, 2.75) is 11.3 Å². The Labute approximate surface area is 132 Å². The van der Waals surface area contributed by atoms with Gasteiger partial charge in [-0.15, -0.1) is 10.2 Å². The average Bonchev–Trinajstić information content (AvgIpc) is 2.93. The van der Waals surface area contributed by atoms with Gasteiger partial charge in [0, 0.05) is 14.1 Å². The summed E-state index contributed by atoms with van der Waals surface area (Å²) in [5.74, 6) is 2.35. The summed E-state index contributed by atoms with van der Waals surface area (Å²) in [5, 5.41) is 11.5. The Morgan fingerprint density at radius 3 is 2.95 bits per heavy atom. The Balaban J connectivity index is 1.74. The molecule has 1 atom stereocenters. The molecular weight excluding hydrogens is 304 g/mol. The second-order valence-corrected chi connectivity index (χ2v) is 5.67. The van der Waals surface area contributed by atoms with Crippen molar-refractivity contribution in [2.24, 2.45) is 7.05 Å². The van der Waals surface area contributed by atoms with Gasteiger partial charge in [0.05, 0.1) is 5.75 Å². The fourth-order valence-corrected chi connectivity index (χ4v) is 2.87. The van der Waals surface area contributed by atoms with E-state index in [-0.39, 0.29) is 12.0 Å². The zero-order valence-electron chi connectivity index (χ0n) is 12.3. The van der Waals surface area contributed by atoms with Crippen molar-refractivity contribution in [3.8, 4) is 11.5 Å². The van der Waals surface area contributed by atoms with Gasteiger partial charge in [-0.2, -0.15) is 0 Å². The number of hydrogen-bond donors (Lipinski definition) is 1. The van der Waals surface area contributed by atoms with E-state index in [1.54, 1.807) is 7.05 Å². The molecule has 1 aromatic heterocycles. The zero-order chi connectivity index (χ0) is 15.5. The van der Waals surface area contributed by atoms with Gasteiger partial charge < -0.3 is 19.4 Å². The maximum Gasteiger partial charge on any atom is 0.230 e. The number of para-hydroxylation sites is 2. The molecule has 2 aromatic rings. The number of benzene rings is 1. The van der Waals surface area contributed by atoms with Crippen molar-refractivity contribution >= 4 is 17.7 Å². The van der Waals surface area contributed by atoms with Gasteiger partial charge in [-0.3, -0.25) is 4.79 Å². The van der Waals surface area contributed by atoms with Crippen molar-refractivity contribution in [3.05, 3.63) is 30.1 Å². The lowest BCUT2D eigenvalue weighted by molar-refractivity contribution is -0.118. The number of rotatable bonds is 4. The Kier molecular flexibility index (Phi) is 4.19. The van der Waals surface area contributed by atoms with Crippen molar-refractivity contribution in [1.29, 1.82) is 0 Å². The number of carbonyl (C=O) groups is 1. The SMILES string of the molecule is CNC(=O)CSc1nnc([C@@H]2COc3ccccc3O2)n1C. The lowest BCUT2D eigenvalue weighted by Crippen LogP contribution is -2.24. The van der Waals surface area contributed by atoms with E-state index in [1.165, 1.54) is 11.8 Å². The molecule has 0 saturated heterocycles. The molecule has 22 heavy (non-hydrogen) atoms. The highest BCUT2D eigenvalue weighted by atomic mass is 32.2. The standard InChI is InChI=1S/C14H16N4O3S/c1-15-12(19)8-22-14-17-16-13(18(14)2)11-7-20-9-5-3-4-6-10(9)21-11/h3-6,11H,7-8H2,1-2H3,(H,15,19)/t11-/m0/s1. The van der Waals surface area contributed by atoms with E-state index in [0.29, 0.717) is 29.1 Å². The van der Waals surface area contributed by atoms with E-state index in [9.17, 15) is 4.79 Å². The highest BCUT2D eigenvalue weighted by Crippen LogP contribution is 2.35. The first kappa shape index (κ1) is 14.7. The highest BCUT2D eigenvalue weighted by molar-refractivity contribution is 7.99. The molecule has 1 aliphatic heterocycles. The van der Waals surface area contributed by atoms with Crippen LogP contribution in [-0.2, 0) is 11.8 Å². The number of thioether (sulfide) groups is 1. The molecule has 2 heterocycles. The number of nitrogens with zero attached hydrogens (tertiary/aromatic N) is 3. The number of aromatic nitrogens is 3. The Bertz CT molecular complexity index is 688. The summed E-state index contributed by atoms with van der Waals surface area (Å²) in [5.41, 5.74) is 0. The third-order valence-electron chi connectivity index (χ3n) is 3.28. The molecule has 3 rings (SSSR count). The summed E-state index contributed by atoms with van der Waals surface area (Å²) in [6, 6.07) is 7.52. The summed E-state index contributed by atoms with van der Waals surface area (Å²) in [7, 11) is 3.46. The van der Waals surface area contributed by atoms with Gasteiger partial charge in [0.15, 0.2) is 28.6 Å². The van der Waals surface area contributed by atoms with Gasteiger partial charge in [0.2, 0.25) is 5.91 Å². The summed E-state index contributed by atoms with van der Waals surface area (Å²) in [6.07, 6.45) is -0.318. The van der Waals surface area contributed by atoms with Crippen LogP contribution in [-0.4, -0.2) is 40.1 Å². The van der Waals surface area contributed by atoms with E-state index in [1.807, 2.05) is 35.9 Å². The normalized spacial score (nSPS) is 16.4. The molecule has 0 spiro atoms. The van der Waals surface area contributed by atoms with Gasteiger partial charge in [-0.25, -0.2) is 0 Å². The molecule has 0 saturated carbocycles. The maximum atomic E-state index is 11.3. The molecular formula is C14H16N4O3S. The van der Waals surface area contributed by atoms with Crippen LogP contribution in [0.15, 0.2) is 29.4 Å². The van der Waals surface area contributed by atoms with Crippen molar-refractivity contribution in [2.75, 3.05) is 19.4 Å². The number of fused-ring (bicyclic) bond motifs is 1. The van der Waals surface area contributed by atoms with Gasteiger partial charge in [0.1, 0.15) is 6.61 Å². The quantitative estimate of drug-likeness (QED) is 0.852. The molecule has 0 bridgehead atoms. The first-order valence-electron chi connectivity index (χ1n) is 6.80. The predicted molar refractivity (Wildman–Crippen MR) is 81.1 cm³/mol. The topological polar surface area (TPSA) is 78.3 Å². The summed E-state index contributed by atoms with van der Waals surface area (Å²) < 4.78 is 13.4. The molecule has 1 amide bonds. The number of hydrogen-bond acceptors (Lipinski definition) is 6. The van der Waals surface area contributed by atoms with E-state index < -0.39 is 0 Å². The van der Waals surface area contributed by atoms with Crippen molar-refractivity contribution in [3.63, 3.8) is 0 Å². The molecule has 0 aliphatic carbocycles. The van der Waals surface area contributed by atoms with Crippen molar-refractivity contribution < 1.29 is 14.3 Å². The van der Waals surface area contributed by atoms with Crippen LogP contribution >= 0.6 is 11.8 Å². The van der Waals surface area contributed by atoms with Crippen LogP contribution in [0, 0.1) is 0 Å². The van der Waals surface area contributed by atoms with Gasteiger partial charge in [-0.05, 0) is 12.1 Å². The van der Waals surface area contributed by atoms with E-state index in [0.717, 1.165) is 5.75 Å². The van der Waals surface area contributed by atoms with Crippen molar-refractivity contribution in [1.82, 2.24) is 20.1 Å². The number of ether oxygens (including phenoxy) is 2. The fourth-order valence-electron chi connectivity index (χ4n) is 2.08. The molecule has 7 nitrogen and oxygen atoms in total. The highest BCUT2D eigenvalue weighted by Gasteiger charge is 2.27. The smallest absolute Gasteiger partial charge is 0.230 e. The minimum absolute atomic E-state index is 0.0549. The molecule has 0 unspecified atom stereocenters. The lowest BCUT2D eigenvalue weighted by Gasteiger charge is -2.25. The van der Waals surface area contributed by atoms with Crippen LogP contribution in [0.3, 0.4) is 0 Å². The van der Waals surface area contributed by atoms with Crippen LogP contribution < -0.4 is 14.8 Å². The summed E-state index contributed by atoms with van der Waals surface area (Å²) in [4.78, 5) is 11.3. The Hall–Kier alpha value is -2.22. The molecule has 1 aromatic carbocycles. The van der Waals surface area contributed by atoms with Gasteiger partial charge in [0.25, 0.3) is 0 Å². The Morgan fingerprint density at radius 2 is 2.18 bits per heavy atom. The summed E-state index contributed by atoms with van der Waals surface area (Å²) in [6.45, 7) is 0.378. The van der Waals surface area contributed by atoms with Gasteiger partial charge in [-0.1, -0.05) is 23.9 Å². The van der Waals surface area contributed by atoms with E-state index in [4.69, 9.17) is 9.47 Å². The number of nitrogens with one attached hydrogen (secondary N) is 1. The number of carbonyl (C=O) groups excluding carboxylic acids is 1. The molecule has 116 valence electrons. The second kappa shape index (κ2) is 6.27. The second-order valence-electron chi connectivity index (χ2n) is 4.73. The van der Waals surface area contributed by atoms with E-state index in [2.05, 4.69) is 15.5 Å². The maximum absolute atomic E-state index is 11.3. The van der Waals surface area contributed by atoms with Crippen LogP contribution in [0.4, 0.5) is 0 Å². The lowest BCUT2D eigenvalue weighted by atomic mass is 10.2. The molecule has 1 N–H and O–H groups in total. The third kappa shape index (κ3) is 2.87. The van der Waals surface area contributed by atoms with Crippen LogP contribution in [0.1, 0.15) is 11.9 Å². The fraction of sp³-hybridized carbons (Fsp3) is 0.357. The van der Waals surface area contributed by atoms with Crippen LogP contribution in [0.2, 0.25) is 0 Å².